The molecule has 3 aromatic rings. The van der Waals surface area contributed by atoms with E-state index < -0.39 is 11.5 Å². The van der Waals surface area contributed by atoms with E-state index in [1.165, 1.54) is 36.7 Å². The Kier molecular flexibility index (Phi) is 3.95. The Hall–Kier alpha value is -2.55. The average molecular weight is 340 g/mol. The van der Waals surface area contributed by atoms with Crippen molar-refractivity contribution in [2.45, 2.75) is 10.4 Å². The van der Waals surface area contributed by atoms with Crippen LogP contribution >= 0.6 is 11.8 Å². The number of fused-ring (bicyclic) bond motifs is 1. The van der Waals surface area contributed by atoms with Crippen LogP contribution in [0, 0.1) is 0 Å². The molecule has 1 aromatic carbocycles. The summed E-state index contributed by atoms with van der Waals surface area (Å²) in [6, 6.07) is 6.84. The Morgan fingerprint density at radius 2 is 2.09 bits per heavy atom. The number of halogens is 3. The predicted octanol–water partition coefficient (Wildman–Crippen LogP) is 4.05. The van der Waals surface area contributed by atoms with Crippen molar-refractivity contribution in [1.82, 2.24) is 9.97 Å². The fraction of sp³-hybridized carbons (Fsp3) is 0.0714. The van der Waals surface area contributed by atoms with E-state index >= 15 is 0 Å². The first-order valence-corrected chi connectivity index (χ1v) is 7.01. The molecule has 0 aliphatic carbocycles. The van der Waals surface area contributed by atoms with Gasteiger partial charge in [0.1, 0.15) is 5.52 Å². The number of benzene rings is 1. The number of carbonyl (C=O) groups is 1. The molecule has 118 valence electrons. The minimum Gasteiger partial charge on any atom is -0.409 e. The van der Waals surface area contributed by atoms with Crippen LogP contribution in [-0.4, -0.2) is 21.4 Å². The predicted molar refractivity (Wildman–Crippen MR) is 75.1 cm³/mol. The first kappa shape index (κ1) is 15.3. The van der Waals surface area contributed by atoms with Gasteiger partial charge in [0.2, 0.25) is 0 Å². The molecule has 2 aromatic heterocycles. The third-order valence-electron chi connectivity index (χ3n) is 2.65. The van der Waals surface area contributed by atoms with Crippen molar-refractivity contribution in [2.24, 2.45) is 0 Å². The first-order chi connectivity index (χ1) is 10.9. The highest BCUT2D eigenvalue weighted by Gasteiger charge is 2.29. The summed E-state index contributed by atoms with van der Waals surface area (Å²) >= 11 is -0.262. The maximum Gasteiger partial charge on any atom is 0.446 e. The van der Waals surface area contributed by atoms with Crippen molar-refractivity contribution in [2.75, 3.05) is 0 Å². The zero-order valence-electron chi connectivity index (χ0n) is 11.2. The lowest BCUT2D eigenvalue weighted by molar-refractivity contribution is -0.0328. The number of esters is 1. The first-order valence-electron chi connectivity index (χ1n) is 6.19. The number of pyridine rings is 1. The molecular weight excluding hydrogens is 333 g/mol. The quantitative estimate of drug-likeness (QED) is 0.529. The maximum absolute atomic E-state index is 12.4. The number of nitrogens with zero attached hydrogens (tertiary/aromatic N) is 2. The SMILES string of the molecule is O=C(Oc1nc2cc(SC(F)(F)F)ccc2o1)c1cccnc1. The second-order valence-electron chi connectivity index (χ2n) is 4.29. The zero-order valence-corrected chi connectivity index (χ0v) is 12.0. The highest BCUT2D eigenvalue weighted by atomic mass is 32.2. The summed E-state index contributed by atoms with van der Waals surface area (Å²) < 4.78 is 47.2. The molecule has 0 bridgehead atoms. The van der Waals surface area contributed by atoms with Gasteiger partial charge in [-0.15, -0.1) is 0 Å². The summed E-state index contributed by atoms with van der Waals surface area (Å²) in [5.74, 6) is -0.727. The highest BCUT2D eigenvalue weighted by molar-refractivity contribution is 8.00. The van der Waals surface area contributed by atoms with E-state index in [4.69, 9.17) is 9.15 Å². The molecule has 5 nitrogen and oxygen atoms in total. The Morgan fingerprint density at radius 1 is 1.26 bits per heavy atom. The molecule has 0 aliphatic rings. The summed E-state index contributed by atoms with van der Waals surface area (Å²) in [5, 5.41) is 0. The third kappa shape index (κ3) is 3.81. The molecule has 0 radical (unpaired) electrons. The molecule has 0 amide bonds. The van der Waals surface area contributed by atoms with Crippen LogP contribution in [0.3, 0.4) is 0 Å². The van der Waals surface area contributed by atoms with Crippen molar-refractivity contribution in [3.63, 3.8) is 0 Å². The number of ether oxygens (including phenoxy) is 1. The van der Waals surface area contributed by atoms with E-state index in [0.717, 1.165) is 0 Å². The topological polar surface area (TPSA) is 65.2 Å². The second-order valence-corrected chi connectivity index (χ2v) is 5.43. The molecule has 0 aliphatic heterocycles. The van der Waals surface area contributed by atoms with Crippen LogP contribution in [0.5, 0.6) is 6.08 Å². The van der Waals surface area contributed by atoms with Gasteiger partial charge in [0.05, 0.1) is 5.56 Å². The van der Waals surface area contributed by atoms with Crippen LogP contribution in [0.4, 0.5) is 13.2 Å². The van der Waals surface area contributed by atoms with E-state index in [1.807, 2.05) is 0 Å². The number of hydrogen-bond donors (Lipinski definition) is 0. The van der Waals surface area contributed by atoms with E-state index in [1.54, 1.807) is 6.07 Å². The van der Waals surface area contributed by atoms with Gasteiger partial charge < -0.3 is 9.15 Å². The molecule has 0 N–H and O–H groups in total. The monoisotopic (exact) mass is 340 g/mol. The van der Waals surface area contributed by atoms with Gasteiger partial charge in [0.25, 0.3) is 0 Å². The number of alkyl halides is 3. The van der Waals surface area contributed by atoms with Gasteiger partial charge >= 0.3 is 17.6 Å². The summed E-state index contributed by atoms with van der Waals surface area (Å²) in [6.45, 7) is 0. The molecule has 23 heavy (non-hydrogen) atoms. The normalized spacial score (nSPS) is 11.6. The van der Waals surface area contributed by atoms with Gasteiger partial charge in [-0.05, 0) is 42.1 Å². The van der Waals surface area contributed by atoms with Crippen molar-refractivity contribution < 1.29 is 27.1 Å². The van der Waals surface area contributed by atoms with E-state index in [2.05, 4.69) is 9.97 Å². The van der Waals surface area contributed by atoms with Crippen LogP contribution in [0.25, 0.3) is 11.1 Å². The highest BCUT2D eigenvalue weighted by Crippen LogP contribution is 2.38. The van der Waals surface area contributed by atoms with Gasteiger partial charge in [-0.3, -0.25) is 4.98 Å². The zero-order chi connectivity index (χ0) is 16.4. The number of thioether (sulfide) groups is 1. The number of rotatable bonds is 3. The van der Waals surface area contributed by atoms with Gasteiger partial charge in [0, 0.05) is 17.3 Å². The molecule has 3 rings (SSSR count). The average Bonchev–Trinajstić information content (AvgIpc) is 2.88. The van der Waals surface area contributed by atoms with Crippen molar-refractivity contribution in [3.8, 4) is 6.08 Å². The number of hydrogen-bond acceptors (Lipinski definition) is 6. The Bertz CT molecular complexity index is 849. The molecule has 0 saturated carbocycles. The molecule has 9 heteroatoms. The van der Waals surface area contributed by atoms with Crippen LogP contribution < -0.4 is 4.74 Å². The van der Waals surface area contributed by atoms with Gasteiger partial charge in [-0.25, -0.2) is 4.79 Å². The van der Waals surface area contributed by atoms with E-state index in [-0.39, 0.29) is 39.4 Å². The second kappa shape index (κ2) is 5.92. The minimum absolute atomic E-state index is 0.0385. The van der Waals surface area contributed by atoms with Crippen molar-refractivity contribution in [1.29, 1.82) is 0 Å². The van der Waals surface area contributed by atoms with Crippen LogP contribution in [0.15, 0.2) is 52.0 Å². The maximum atomic E-state index is 12.4. The van der Waals surface area contributed by atoms with Gasteiger partial charge in [-0.2, -0.15) is 18.2 Å². The fourth-order valence-corrected chi connectivity index (χ4v) is 2.32. The van der Waals surface area contributed by atoms with Crippen molar-refractivity contribution in [3.05, 3.63) is 48.3 Å². The summed E-state index contributed by atoms with van der Waals surface area (Å²) in [5.41, 5.74) is -3.82. The number of oxazole rings is 1. The smallest absolute Gasteiger partial charge is 0.409 e. The van der Waals surface area contributed by atoms with Crippen LogP contribution in [-0.2, 0) is 0 Å². The summed E-state index contributed by atoms with van der Waals surface area (Å²) in [7, 11) is 0. The molecular formula is C14H7F3N2O3S. The standard InChI is InChI=1S/C14H7F3N2O3S/c15-14(16,17)23-9-3-4-11-10(6-9)19-13(21-11)22-12(20)8-2-1-5-18-7-8/h1-7H. The third-order valence-corrected chi connectivity index (χ3v) is 3.37. The van der Waals surface area contributed by atoms with E-state index in [0.29, 0.717) is 0 Å². The van der Waals surface area contributed by atoms with Gasteiger partial charge in [-0.1, -0.05) is 0 Å². The lowest BCUT2D eigenvalue weighted by Gasteiger charge is -2.04. The summed E-state index contributed by atoms with van der Waals surface area (Å²) in [4.78, 5) is 19.4. The molecule has 0 atom stereocenters. The molecule has 2 heterocycles. The Balaban J connectivity index is 1.81. The summed E-state index contributed by atoms with van der Waals surface area (Å²) in [6.07, 6.45) is 2.46. The number of aromatic nitrogens is 2. The largest absolute Gasteiger partial charge is 0.446 e. The van der Waals surface area contributed by atoms with Gasteiger partial charge in [0.15, 0.2) is 5.58 Å². The number of carbonyl (C=O) groups excluding carboxylic acids is 1. The molecule has 0 fully saturated rings. The minimum atomic E-state index is -4.40. The fourth-order valence-electron chi connectivity index (χ4n) is 1.75. The van der Waals surface area contributed by atoms with Crippen LogP contribution in [0.2, 0.25) is 0 Å². The lowest BCUT2D eigenvalue weighted by Crippen LogP contribution is -2.08. The molecule has 0 saturated heterocycles. The Morgan fingerprint density at radius 3 is 2.78 bits per heavy atom. The lowest BCUT2D eigenvalue weighted by atomic mass is 10.3. The Labute approximate surface area is 131 Å². The van der Waals surface area contributed by atoms with E-state index in [9.17, 15) is 18.0 Å². The van der Waals surface area contributed by atoms with Crippen molar-refractivity contribution >= 4 is 28.8 Å². The molecule has 0 spiro atoms. The van der Waals surface area contributed by atoms with Crippen LogP contribution in [0.1, 0.15) is 10.4 Å². The molecule has 0 unspecified atom stereocenters.